The topological polar surface area (TPSA) is 133 Å². The molecular formula is C25H30N8O3S. The number of carbonyl (C=O) groups is 1. The Hall–Kier alpha value is -3.64. The number of carbonyl (C=O) groups excluding carboxylic acids is 1. The molecule has 0 saturated carbocycles. The monoisotopic (exact) mass is 522 g/mol. The van der Waals surface area contributed by atoms with Gasteiger partial charge >= 0.3 is 0 Å². The highest BCUT2D eigenvalue weighted by atomic mass is 32.2. The van der Waals surface area contributed by atoms with Gasteiger partial charge in [-0.15, -0.1) is 0 Å². The van der Waals surface area contributed by atoms with Gasteiger partial charge < -0.3 is 10.2 Å². The van der Waals surface area contributed by atoms with Crippen molar-refractivity contribution in [2.24, 2.45) is 0 Å². The molecule has 2 N–H and O–H groups in total. The summed E-state index contributed by atoms with van der Waals surface area (Å²) >= 11 is 0. The molecule has 3 aromatic rings. The van der Waals surface area contributed by atoms with Gasteiger partial charge in [-0.3, -0.25) is 19.4 Å². The minimum absolute atomic E-state index is 0.0341. The first-order valence-corrected chi connectivity index (χ1v) is 14.1. The molecule has 5 heterocycles. The second kappa shape index (κ2) is 10.0. The summed E-state index contributed by atoms with van der Waals surface area (Å²) in [6, 6.07) is 7.35. The van der Waals surface area contributed by atoms with Gasteiger partial charge in [-0.2, -0.15) is 0 Å². The van der Waals surface area contributed by atoms with E-state index < -0.39 is 10.0 Å². The van der Waals surface area contributed by atoms with Crippen molar-refractivity contribution >= 4 is 33.4 Å². The largest absolute Gasteiger partial charge is 0.336 e. The van der Waals surface area contributed by atoms with Crippen LogP contribution < -0.4 is 10.0 Å². The molecule has 2 atom stereocenters. The number of aryl methyl sites for hydroxylation is 1. The minimum atomic E-state index is -3.47. The third kappa shape index (κ3) is 5.86. The van der Waals surface area contributed by atoms with Gasteiger partial charge in [0.25, 0.3) is 5.91 Å². The van der Waals surface area contributed by atoms with E-state index in [-0.39, 0.29) is 17.8 Å². The van der Waals surface area contributed by atoms with Crippen LogP contribution in [-0.2, 0) is 23.1 Å². The number of hydrogen-bond acceptors (Lipinski definition) is 9. The molecule has 0 unspecified atom stereocenters. The van der Waals surface area contributed by atoms with Crippen molar-refractivity contribution in [2.45, 2.75) is 51.9 Å². The van der Waals surface area contributed by atoms with Crippen LogP contribution >= 0.6 is 0 Å². The Balaban J connectivity index is 1.20. The first kappa shape index (κ1) is 25.0. The van der Waals surface area contributed by atoms with E-state index in [0.29, 0.717) is 24.1 Å². The Bertz CT molecular complexity index is 1410. The number of likely N-dealkylation sites (tertiary alicyclic amines) is 1. The molecule has 3 aromatic heterocycles. The third-order valence-electron chi connectivity index (χ3n) is 6.77. The minimum Gasteiger partial charge on any atom is -0.336 e. The van der Waals surface area contributed by atoms with E-state index in [1.807, 2.05) is 30.2 Å². The average molecular weight is 523 g/mol. The molecule has 0 bridgehead atoms. The van der Waals surface area contributed by atoms with Gasteiger partial charge in [-0.05, 0) is 51.0 Å². The Morgan fingerprint density at radius 3 is 2.68 bits per heavy atom. The van der Waals surface area contributed by atoms with Crippen molar-refractivity contribution in [3.05, 3.63) is 65.4 Å². The lowest BCUT2D eigenvalue weighted by atomic mass is 9.96. The molecule has 1 amide bonds. The van der Waals surface area contributed by atoms with Crippen LogP contribution in [0.3, 0.4) is 0 Å². The number of amides is 1. The van der Waals surface area contributed by atoms with E-state index >= 15 is 0 Å². The van der Waals surface area contributed by atoms with Crippen molar-refractivity contribution in [1.29, 1.82) is 0 Å². The molecule has 2 aliphatic rings. The van der Waals surface area contributed by atoms with E-state index in [2.05, 4.69) is 36.8 Å². The zero-order chi connectivity index (χ0) is 26.2. The molecule has 1 saturated heterocycles. The third-order valence-corrected chi connectivity index (χ3v) is 7.35. The van der Waals surface area contributed by atoms with Gasteiger partial charge in [0.15, 0.2) is 0 Å². The number of fused-ring (bicyclic) bond motifs is 1. The van der Waals surface area contributed by atoms with Crippen LogP contribution in [-0.4, -0.2) is 68.9 Å². The molecule has 0 aromatic carbocycles. The summed E-state index contributed by atoms with van der Waals surface area (Å²) in [5.41, 5.74) is 4.36. The Morgan fingerprint density at radius 1 is 1.11 bits per heavy atom. The lowest BCUT2D eigenvalue weighted by Crippen LogP contribution is -2.50. The van der Waals surface area contributed by atoms with Crippen molar-refractivity contribution in [3.8, 4) is 0 Å². The number of anilines is 3. The van der Waals surface area contributed by atoms with Gasteiger partial charge in [0.1, 0.15) is 5.82 Å². The van der Waals surface area contributed by atoms with Crippen LogP contribution in [0.2, 0.25) is 0 Å². The Kier molecular flexibility index (Phi) is 6.78. The quantitative estimate of drug-likeness (QED) is 0.501. The molecule has 1 fully saturated rings. The predicted octanol–water partition coefficient (Wildman–Crippen LogP) is 2.70. The normalized spacial score (nSPS) is 19.9. The zero-order valence-corrected chi connectivity index (χ0v) is 21.9. The van der Waals surface area contributed by atoms with E-state index in [1.54, 1.807) is 12.3 Å². The van der Waals surface area contributed by atoms with E-state index in [9.17, 15) is 13.2 Å². The van der Waals surface area contributed by atoms with Crippen LogP contribution in [0.25, 0.3) is 0 Å². The number of pyridine rings is 2. The fourth-order valence-corrected chi connectivity index (χ4v) is 5.41. The van der Waals surface area contributed by atoms with Crippen LogP contribution in [0.1, 0.15) is 47.1 Å². The van der Waals surface area contributed by atoms with Gasteiger partial charge in [0, 0.05) is 60.9 Å². The Morgan fingerprint density at radius 2 is 1.95 bits per heavy atom. The van der Waals surface area contributed by atoms with Crippen molar-refractivity contribution < 1.29 is 13.2 Å². The predicted molar refractivity (Wildman–Crippen MR) is 140 cm³/mol. The summed E-state index contributed by atoms with van der Waals surface area (Å²) in [6.45, 7) is 6.15. The number of nitrogens with one attached hydrogen (secondary N) is 2. The molecule has 0 aliphatic carbocycles. The van der Waals surface area contributed by atoms with Gasteiger partial charge in [-0.25, -0.2) is 23.4 Å². The SMILES string of the molecule is Cc1ccc(Nc2ncc3c(n2)CN([C@@H]2CCN(C(=O)c4ccnc(NS(C)(=O)=O)c4)[C@H](C)C2)C3)cn1. The highest BCUT2D eigenvalue weighted by molar-refractivity contribution is 7.92. The number of hydrogen-bond donors (Lipinski definition) is 2. The maximum atomic E-state index is 13.2. The number of aromatic nitrogens is 4. The van der Waals surface area contributed by atoms with Crippen LogP contribution in [0.4, 0.5) is 17.5 Å². The summed E-state index contributed by atoms with van der Waals surface area (Å²) < 4.78 is 25.4. The molecule has 37 heavy (non-hydrogen) atoms. The lowest BCUT2D eigenvalue weighted by molar-refractivity contribution is 0.0460. The molecule has 2 aliphatic heterocycles. The van der Waals surface area contributed by atoms with Crippen molar-refractivity contribution in [1.82, 2.24) is 29.7 Å². The number of nitrogens with zero attached hydrogens (tertiary/aromatic N) is 6. The Labute approximate surface area is 216 Å². The first-order chi connectivity index (χ1) is 17.6. The molecule has 11 nitrogen and oxygen atoms in total. The fraction of sp³-hybridized carbons (Fsp3) is 0.400. The van der Waals surface area contributed by atoms with Crippen LogP contribution in [0, 0.1) is 6.92 Å². The number of rotatable bonds is 6. The number of sulfonamides is 1. The molecule has 194 valence electrons. The van der Waals surface area contributed by atoms with Gasteiger partial charge in [0.05, 0.1) is 23.8 Å². The summed E-state index contributed by atoms with van der Waals surface area (Å²) in [7, 11) is -3.47. The highest BCUT2D eigenvalue weighted by Gasteiger charge is 2.35. The maximum absolute atomic E-state index is 13.2. The van der Waals surface area contributed by atoms with Crippen molar-refractivity contribution in [3.63, 3.8) is 0 Å². The van der Waals surface area contributed by atoms with Gasteiger partial charge in [0.2, 0.25) is 16.0 Å². The number of piperidine rings is 1. The summed E-state index contributed by atoms with van der Waals surface area (Å²) in [5, 5.41) is 3.22. The molecule has 5 rings (SSSR count). The summed E-state index contributed by atoms with van der Waals surface area (Å²) in [6.07, 6.45) is 7.84. The fourth-order valence-electron chi connectivity index (χ4n) is 4.92. The van der Waals surface area contributed by atoms with Gasteiger partial charge in [-0.1, -0.05) is 0 Å². The van der Waals surface area contributed by atoms with E-state index in [1.165, 1.54) is 12.3 Å². The van der Waals surface area contributed by atoms with Crippen molar-refractivity contribution in [2.75, 3.05) is 22.8 Å². The molecule has 12 heteroatoms. The second-order valence-corrected chi connectivity index (χ2v) is 11.5. The lowest BCUT2D eigenvalue weighted by Gasteiger charge is -2.41. The molecule has 0 radical (unpaired) electrons. The molecular weight excluding hydrogens is 492 g/mol. The summed E-state index contributed by atoms with van der Waals surface area (Å²) in [5.74, 6) is 0.572. The second-order valence-electron chi connectivity index (χ2n) is 9.71. The van der Waals surface area contributed by atoms with Crippen LogP contribution in [0.15, 0.2) is 42.9 Å². The maximum Gasteiger partial charge on any atom is 0.254 e. The average Bonchev–Trinajstić information content (AvgIpc) is 3.28. The smallest absolute Gasteiger partial charge is 0.254 e. The van der Waals surface area contributed by atoms with E-state index in [4.69, 9.17) is 4.98 Å². The summed E-state index contributed by atoms with van der Waals surface area (Å²) in [4.78, 5) is 35.0. The zero-order valence-electron chi connectivity index (χ0n) is 21.0. The standard InChI is InChI=1S/C25H30N8O3S/c1-16-4-5-20(13-27-16)29-25-28-12-19-14-32(15-22(19)30-25)21-7-9-33(17(2)10-21)24(34)18-6-8-26-23(11-18)31-37(3,35)36/h4-6,8,11-13,17,21H,7,9-10,14-15H2,1-3H3,(H,26,31)(H,28,29,30)/t17-,21-/m1/s1. The van der Waals surface area contributed by atoms with E-state index in [0.717, 1.165) is 54.8 Å². The first-order valence-electron chi connectivity index (χ1n) is 12.2. The molecule has 0 spiro atoms. The highest BCUT2D eigenvalue weighted by Crippen LogP contribution is 2.30. The van der Waals surface area contributed by atoms with Crippen LogP contribution in [0.5, 0.6) is 0 Å².